The van der Waals surface area contributed by atoms with Crippen molar-refractivity contribution in [3.8, 4) is 0 Å². The average Bonchev–Trinajstić information content (AvgIpc) is 3.46. The number of aryl methyl sites for hydroxylation is 1. The Morgan fingerprint density at radius 3 is 1.67 bits per heavy atom. The summed E-state index contributed by atoms with van der Waals surface area (Å²) in [6, 6.07) is 8.52. The number of aliphatic imine (C=N–C) groups is 1. The van der Waals surface area contributed by atoms with Gasteiger partial charge in [-0.15, -0.1) is 0 Å². The minimum absolute atomic E-state index is 0.00913. The molecule has 2 atom stereocenters. The standard InChI is InChI=1S/C18H17F5N4O.C11H14F3N.C8H13F2N3O/c1-8(2)14(10-4-6-11(7-5-10)18(21,22)23)27-16-12(13(26-27)15(19)20)17(28)25-9(3)24-16;1-7(2)10(15)8-3-5-9(6-4-8)11(12,13)14;1-4(11)13-7(14)8(2,3)5(12)6(9)10/h4-8,14-15H,1-3H3,(H,24,25,28);3-7,10H,15H2,1-2H3;6,12H,1-3H3,(H2,11,13,14). The van der Waals surface area contributed by atoms with Crippen LogP contribution in [-0.4, -0.2) is 43.6 Å². The van der Waals surface area contributed by atoms with E-state index in [1.54, 1.807) is 13.8 Å². The van der Waals surface area contributed by atoms with Crippen molar-refractivity contribution in [3.63, 3.8) is 0 Å². The first-order chi connectivity index (χ1) is 26.0. The van der Waals surface area contributed by atoms with E-state index in [0.29, 0.717) is 5.56 Å². The summed E-state index contributed by atoms with van der Waals surface area (Å²) in [5.41, 5.74) is 6.64. The zero-order valence-electron chi connectivity index (χ0n) is 32.1. The van der Waals surface area contributed by atoms with Crippen molar-refractivity contribution in [1.29, 1.82) is 5.41 Å². The molecule has 4 rings (SSSR count). The Morgan fingerprint density at radius 2 is 1.30 bits per heavy atom. The van der Waals surface area contributed by atoms with Gasteiger partial charge in [0.05, 0.1) is 34.1 Å². The molecule has 2 aromatic heterocycles. The number of hydrogen-bond donors (Lipinski definition) is 4. The van der Waals surface area contributed by atoms with Crippen LogP contribution in [0.2, 0.25) is 0 Å². The van der Waals surface area contributed by atoms with Gasteiger partial charge in [-0.25, -0.2) is 32.2 Å². The van der Waals surface area contributed by atoms with Crippen molar-refractivity contribution >= 4 is 28.5 Å². The van der Waals surface area contributed by atoms with Crippen LogP contribution in [0.3, 0.4) is 0 Å². The molecule has 4 aromatic rings. The van der Waals surface area contributed by atoms with E-state index >= 15 is 0 Å². The zero-order valence-corrected chi connectivity index (χ0v) is 32.1. The van der Waals surface area contributed by atoms with Crippen LogP contribution in [0.4, 0.5) is 43.9 Å². The highest BCUT2D eigenvalue weighted by Crippen LogP contribution is 2.35. The van der Waals surface area contributed by atoms with E-state index < -0.39 is 70.7 Å². The van der Waals surface area contributed by atoms with Crippen molar-refractivity contribution in [1.82, 2.24) is 19.7 Å². The number of benzene rings is 2. The molecule has 6 N–H and O–H groups in total. The molecule has 20 heteroatoms. The number of rotatable bonds is 9. The van der Waals surface area contributed by atoms with Gasteiger partial charge in [0.1, 0.15) is 16.9 Å². The second-order valence-electron chi connectivity index (χ2n) is 14.1. The number of nitrogens with two attached hydrogens (primary N) is 2. The third-order valence-corrected chi connectivity index (χ3v) is 8.43. The molecule has 10 nitrogen and oxygen atoms in total. The quantitative estimate of drug-likeness (QED) is 0.0746. The van der Waals surface area contributed by atoms with Crippen molar-refractivity contribution in [2.45, 2.75) is 92.7 Å². The molecule has 0 aliphatic heterocycles. The normalized spacial score (nSPS) is 13.7. The lowest BCUT2D eigenvalue weighted by atomic mass is 9.86. The Kier molecular flexibility index (Phi) is 15.9. The zero-order chi connectivity index (χ0) is 44.0. The van der Waals surface area contributed by atoms with Gasteiger partial charge >= 0.3 is 12.4 Å². The second-order valence-corrected chi connectivity index (χ2v) is 14.1. The molecule has 314 valence electrons. The van der Waals surface area contributed by atoms with Gasteiger partial charge in [-0.05, 0) is 74.9 Å². The maximum absolute atomic E-state index is 13.5. The molecule has 0 fully saturated rings. The van der Waals surface area contributed by atoms with Gasteiger partial charge in [0.2, 0.25) is 0 Å². The number of halogens is 10. The number of amidine groups is 1. The molecule has 0 aliphatic carbocycles. The number of carbonyl (C=O) groups is 1. The summed E-state index contributed by atoms with van der Waals surface area (Å²) in [7, 11) is 0. The van der Waals surface area contributed by atoms with Gasteiger partial charge in [0, 0.05) is 6.04 Å². The molecule has 0 radical (unpaired) electrons. The van der Waals surface area contributed by atoms with Crippen LogP contribution in [-0.2, 0) is 17.1 Å². The number of carbonyl (C=O) groups excluding carboxylic acids is 1. The highest BCUT2D eigenvalue weighted by Gasteiger charge is 2.37. The number of aromatic nitrogens is 4. The van der Waals surface area contributed by atoms with Gasteiger partial charge in [0.25, 0.3) is 24.3 Å². The summed E-state index contributed by atoms with van der Waals surface area (Å²) in [5.74, 6) is -0.643. The second kappa shape index (κ2) is 18.9. The highest BCUT2D eigenvalue weighted by molar-refractivity contribution is 6.10. The number of aromatic amines is 1. The first-order valence-electron chi connectivity index (χ1n) is 17.1. The molecule has 0 saturated heterocycles. The molecule has 1 amide bonds. The van der Waals surface area contributed by atoms with Crippen LogP contribution >= 0.6 is 0 Å². The molecule has 2 aromatic carbocycles. The smallest absolute Gasteiger partial charge is 0.387 e. The van der Waals surface area contributed by atoms with Crippen molar-refractivity contribution in [2.75, 3.05) is 0 Å². The minimum atomic E-state index is -4.49. The molecule has 2 heterocycles. The van der Waals surface area contributed by atoms with Gasteiger partial charge in [0.15, 0.2) is 5.65 Å². The van der Waals surface area contributed by atoms with E-state index in [2.05, 4.69) is 20.1 Å². The number of hydrogen-bond acceptors (Lipinski definition) is 6. The van der Waals surface area contributed by atoms with E-state index in [4.69, 9.17) is 16.9 Å². The first-order valence-corrected chi connectivity index (χ1v) is 17.1. The average molecular weight is 823 g/mol. The minimum Gasteiger partial charge on any atom is -0.387 e. The number of amides is 1. The van der Waals surface area contributed by atoms with Crippen LogP contribution in [0.25, 0.3) is 11.0 Å². The topological polar surface area (TPSA) is 169 Å². The lowest BCUT2D eigenvalue weighted by Gasteiger charge is -2.23. The van der Waals surface area contributed by atoms with Gasteiger partial charge in [-0.3, -0.25) is 9.59 Å². The fourth-order valence-corrected chi connectivity index (χ4v) is 5.17. The number of alkyl halides is 10. The Bertz CT molecular complexity index is 2060. The van der Waals surface area contributed by atoms with Crippen LogP contribution in [0.15, 0.2) is 58.3 Å². The molecule has 0 spiro atoms. The lowest BCUT2D eigenvalue weighted by molar-refractivity contribution is -0.138. The fourth-order valence-electron chi connectivity index (χ4n) is 5.17. The van der Waals surface area contributed by atoms with Crippen LogP contribution < -0.4 is 17.0 Å². The predicted octanol–water partition coefficient (Wildman–Crippen LogP) is 9.19. The molecule has 0 bridgehead atoms. The van der Waals surface area contributed by atoms with E-state index in [-0.39, 0.29) is 40.6 Å². The molecule has 57 heavy (non-hydrogen) atoms. The molecular formula is C37H44F10N8O2. The third kappa shape index (κ3) is 12.4. The Hall–Kier alpha value is -5.14. The Morgan fingerprint density at radius 1 is 0.842 bits per heavy atom. The van der Waals surface area contributed by atoms with E-state index in [1.807, 2.05) is 13.8 Å². The van der Waals surface area contributed by atoms with Gasteiger partial charge in [-0.2, -0.15) is 31.4 Å². The third-order valence-electron chi connectivity index (χ3n) is 8.43. The Balaban J connectivity index is 0.000000327. The van der Waals surface area contributed by atoms with Crippen LogP contribution in [0.5, 0.6) is 0 Å². The van der Waals surface area contributed by atoms with E-state index in [0.717, 1.165) is 29.8 Å². The number of H-pyrrole nitrogens is 1. The number of fused-ring (bicyclic) bond motifs is 1. The summed E-state index contributed by atoms with van der Waals surface area (Å²) in [4.78, 5) is 33.4. The molecular weight excluding hydrogens is 778 g/mol. The summed E-state index contributed by atoms with van der Waals surface area (Å²) in [5, 5.41) is 10.6. The Labute approximate surface area is 321 Å². The highest BCUT2D eigenvalue weighted by atomic mass is 19.4. The number of nitrogens with zero attached hydrogens (tertiary/aromatic N) is 4. The van der Waals surface area contributed by atoms with Crippen molar-refractivity contribution in [2.24, 2.45) is 33.7 Å². The van der Waals surface area contributed by atoms with Crippen LogP contribution in [0.1, 0.15) is 101 Å². The van der Waals surface area contributed by atoms with E-state index in [1.165, 1.54) is 56.6 Å². The monoisotopic (exact) mass is 822 g/mol. The van der Waals surface area contributed by atoms with Crippen molar-refractivity contribution in [3.05, 3.63) is 92.7 Å². The first kappa shape index (κ1) is 48.0. The van der Waals surface area contributed by atoms with Gasteiger partial charge < -0.3 is 21.9 Å². The molecule has 0 saturated carbocycles. The maximum Gasteiger partial charge on any atom is 0.416 e. The number of nitrogens with one attached hydrogen (secondary N) is 2. The molecule has 0 aliphatic rings. The summed E-state index contributed by atoms with van der Waals surface area (Å²) < 4.78 is 128. The largest absolute Gasteiger partial charge is 0.416 e. The predicted molar refractivity (Wildman–Crippen MR) is 195 cm³/mol. The van der Waals surface area contributed by atoms with Crippen molar-refractivity contribution < 1.29 is 48.7 Å². The summed E-state index contributed by atoms with van der Waals surface area (Å²) >= 11 is 0. The molecule has 2 unspecified atom stereocenters. The maximum atomic E-state index is 13.5. The SMILES string of the molecule is CC(C)C(N)c1ccc(C(F)(F)F)cc1.CC(N)=NC(=O)C(C)(C)C(=N)C(F)F.Cc1nc2c(c(C(F)F)nn2C(c2ccc(C(F)(F)F)cc2)C(C)C)c(=O)[nH]1. The fraction of sp³-hybridized carbons (Fsp3) is 0.459. The van der Waals surface area contributed by atoms with E-state index in [9.17, 15) is 53.5 Å². The van der Waals surface area contributed by atoms with Gasteiger partial charge in [-0.1, -0.05) is 52.0 Å². The summed E-state index contributed by atoms with van der Waals surface area (Å²) in [6.07, 6.45) is -14.7. The van der Waals surface area contributed by atoms with Crippen LogP contribution in [0, 0.1) is 29.6 Å². The lowest BCUT2D eigenvalue weighted by Crippen LogP contribution is -2.37. The summed E-state index contributed by atoms with van der Waals surface area (Å²) in [6.45, 7) is 12.7.